The van der Waals surface area contributed by atoms with Gasteiger partial charge in [-0.3, -0.25) is 4.79 Å². The Morgan fingerprint density at radius 2 is 1.67 bits per heavy atom. The van der Waals surface area contributed by atoms with Gasteiger partial charge in [-0.25, -0.2) is 0 Å². The van der Waals surface area contributed by atoms with Crippen LogP contribution in [-0.4, -0.2) is 67.2 Å². The lowest BCUT2D eigenvalue weighted by molar-refractivity contribution is -0.149. The van der Waals surface area contributed by atoms with Gasteiger partial charge in [-0.2, -0.15) is 0 Å². The molecule has 0 aromatic carbocycles. The first kappa shape index (κ1) is 18.4. The van der Waals surface area contributed by atoms with E-state index >= 15 is 0 Å². The fourth-order valence-electron chi connectivity index (χ4n) is 2.78. The lowest BCUT2D eigenvalue weighted by atomic mass is 9.96. The number of nitrogens with two attached hydrogens (primary N) is 1. The molecule has 1 fully saturated rings. The van der Waals surface area contributed by atoms with Crippen LogP contribution >= 0.6 is 0 Å². The number of carbonyl (C=O) groups excluding carboxylic acids is 1. The van der Waals surface area contributed by atoms with Crippen LogP contribution < -0.4 is 5.73 Å². The molecule has 0 radical (unpaired) electrons. The Hall–Kier alpha value is -0.650. The number of nitrogens with zero attached hydrogens (tertiary/aromatic N) is 2. The summed E-state index contributed by atoms with van der Waals surface area (Å²) in [6.45, 7) is 13.2. The lowest BCUT2D eigenvalue weighted by Gasteiger charge is -2.34. The summed E-state index contributed by atoms with van der Waals surface area (Å²) in [5, 5.41) is 0. The van der Waals surface area contributed by atoms with Crippen molar-refractivity contribution in [2.75, 3.05) is 45.9 Å². The van der Waals surface area contributed by atoms with E-state index in [2.05, 4.69) is 16.7 Å². The van der Waals surface area contributed by atoms with Gasteiger partial charge in [0.15, 0.2) is 0 Å². The number of carbonyl (C=O) groups is 1. The first-order chi connectivity index (χ1) is 9.99. The van der Waals surface area contributed by atoms with E-state index in [-0.39, 0.29) is 5.97 Å². The van der Waals surface area contributed by atoms with Gasteiger partial charge in [0.2, 0.25) is 0 Å². The van der Waals surface area contributed by atoms with Crippen molar-refractivity contribution < 1.29 is 9.53 Å². The molecule has 1 saturated heterocycles. The molecule has 5 heteroatoms. The molecule has 0 aliphatic carbocycles. The quantitative estimate of drug-likeness (QED) is 0.516. The summed E-state index contributed by atoms with van der Waals surface area (Å²) in [7, 11) is 0. The number of piperazine rings is 1. The molecule has 1 aliphatic heterocycles. The van der Waals surface area contributed by atoms with Gasteiger partial charge in [-0.05, 0) is 52.6 Å². The van der Waals surface area contributed by atoms with Crippen molar-refractivity contribution in [2.24, 2.45) is 5.73 Å². The van der Waals surface area contributed by atoms with Crippen molar-refractivity contribution in [1.82, 2.24) is 9.80 Å². The van der Waals surface area contributed by atoms with Crippen molar-refractivity contribution in [2.45, 2.75) is 52.0 Å². The molecule has 0 bridgehead atoms. The summed E-state index contributed by atoms with van der Waals surface area (Å²) in [4.78, 5) is 16.7. The fourth-order valence-corrected chi connectivity index (χ4v) is 2.78. The Labute approximate surface area is 129 Å². The van der Waals surface area contributed by atoms with Gasteiger partial charge in [-0.15, -0.1) is 0 Å². The van der Waals surface area contributed by atoms with Crippen LogP contribution in [0.15, 0.2) is 0 Å². The molecule has 2 N–H and O–H groups in total. The van der Waals surface area contributed by atoms with E-state index in [1.54, 1.807) is 6.92 Å². The van der Waals surface area contributed by atoms with Gasteiger partial charge in [-0.1, -0.05) is 6.92 Å². The van der Waals surface area contributed by atoms with Crippen LogP contribution in [0.1, 0.15) is 46.5 Å². The third-order valence-electron chi connectivity index (χ3n) is 4.17. The maximum Gasteiger partial charge on any atom is 0.325 e. The van der Waals surface area contributed by atoms with Crippen LogP contribution in [-0.2, 0) is 9.53 Å². The van der Waals surface area contributed by atoms with Crippen molar-refractivity contribution in [3.05, 3.63) is 0 Å². The van der Waals surface area contributed by atoms with E-state index in [0.717, 1.165) is 32.5 Å². The largest absolute Gasteiger partial charge is 0.465 e. The predicted molar refractivity (Wildman–Crippen MR) is 86.2 cm³/mol. The van der Waals surface area contributed by atoms with E-state index < -0.39 is 5.54 Å². The highest BCUT2D eigenvalue weighted by Gasteiger charge is 2.29. The molecule has 1 aliphatic rings. The van der Waals surface area contributed by atoms with Crippen molar-refractivity contribution >= 4 is 5.97 Å². The van der Waals surface area contributed by atoms with Crippen molar-refractivity contribution in [1.29, 1.82) is 0 Å². The first-order valence-electron chi connectivity index (χ1n) is 8.40. The van der Waals surface area contributed by atoms with Gasteiger partial charge in [0, 0.05) is 26.2 Å². The molecule has 5 nitrogen and oxygen atoms in total. The highest BCUT2D eigenvalue weighted by atomic mass is 16.5. The molecule has 1 unspecified atom stereocenters. The topological polar surface area (TPSA) is 58.8 Å². The zero-order chi connectivity index (χ0) is 15.7. The number of ether oxygens (including phenoxy) is 1. The minimum absolute atomic E-state index is 0.279. The van der Waals surface area contributed by atoms with Crippen molar-refractivity contribution in [3.8, 4) is 0 Å². The summed E-state index contributed by atoms with van der Waals surface area (Å²) in [6, 6.07) is 0. The summed E-state index contributed by atoms with van der Waals surface area (Å²) in [6.07, 6.45) is 4.01. The molecule has 0 aromatic heterocycles. The molecule has 1 rings (SSSR count). The van der Waals surface area contributed by atoms with Crippen molar-refractivity contribution in [3.63, 3.8) is 0 Å². The first-order valence-corrected chi connectivity index (χ1v) is 8.40. The summed E-state index contributed by atoms with van der Waals surface area (Å²) in [5.74, 6) is -0.279. The molecule has 1 atom stereocenters. The molecular formula is C16H33N3O2. The number of esters is 1. The average Bonchev–Trinajstić information content (AvgIpc) is 2.46. The second kappa shape index (κ2) is 9.38. The Morgan fingerprint density at radius 3 is 2.19 bits per heavy atom. The molecular weight excluding hydrogens is 266 g/mol. The van der Waals surface area contributed by atoms with Gasteiger partial charge in [0.05, 0.1) is 6.61 Å². The number of unbranched alkanes of at least 4 members (excludes halogenated alkanes) is 1. The van der Waals surface area contributed by atoms with Gasteiger partial charge in [0.1, 0.15) is 5.54 Å². The van der Waals surface area contributed by atoms with Crippen LogP contribution in [0.3, 0.4) is 0 Å². The lowest BCUT2D eigenvalue weighted by Crippen LogP contribution is -2.47. The standard InChI is InChI=1S/C16H33N3O2/c1-4-9-18-11-13-19(14-12-18)10-7-6-8-16(3,17)15(20)21-5-2/h4-14,17H2,1-3H3. The normalized spacial score (nSPS) is 20.2. The van der Waals surface area contributed by atoms with E-state index in [4.69, 9.17) is 10.5 Å². The smallest absolute Gasteiger partial charge is 0.325 e. The van der Waals surface area contributed by atoms with Crippen LogP contribution in [0.25, 0.3) is 0 Å². The molecule has 124 valence electrons. The maximum atomic E-state index is 11.7. The van der Waals surface area contributed by atoms with E-state index in [1.165, 1.54) is 26.1 Å². The number of hydrogen-bond acceptors (Lipinski definition) is 5. The highest BCUT2D eigenvalue weighted by molar-refractivity contribution is 5.79. The predicted octanol–water partition coefficient (Wildman–Crippen LogP) is 1.46. The SMILES string of the molecule is CCCN1CCN(CCCCC(C)(N)C(=O)OCC)CC1. The van der Waals surface area contributed by atoms with E-state index in [1.807, 2.05) is 6.92 Å². The molecule has 0 spiro atoms. The fraction of sp³-hybridized carbons (Fsp3) is 0.938. The molecule has 0 aromatic rings. The molecule has 1 heterocycles. The van der Waals surface area contributed by atoms with Crippen LogP contribution in [0.2, 0.25) is 0 Å². The van der Waals surface area contributed by atoms with Gasteiger partial charge >= 0.3 is 5.97 Å². The Kier molecular flexibility index (Phi) is 8.22. The third kappa shape index (κ3) is 6.76. The van der Waals surface area contributed by atoms with E-state index in [9.17, 15) is 4.79 Å². The molecule has 21 heavy (non-hydrogen) atoms. The maximum absolute atomic E-state index is 11.7. The zero-order valence-electron chi connectivity index (χ0n) is 14.1. The summed E-state index contributed by atoms with van der Waals surface area (Å²) < 4.78 is 5.01. The van der Waals surface area contributed by atoms with E-state index in [0.29, 0.717) is 13.0 Å². The number of rotatable bonds is 9. The minimum atomic E-state index is -0.837. The monoisotopic (exact) mass is 299 g/mol. The number of hydrogen-bond donors (Lipinski definition) is 1. The molecule has 0 saturated carbocycles. The average molecular weight is 299 g/mol. The Balaban J connectivity index is 2.13. The second-order valence-electron chi connectivity index (χ2n) is 6.28. The van der Waals surface area contributed by atoms with Gasteiger partial charge < -0.3 is 20.3 Å². The van der Waals surface area contributed by atoms with Crippen LogP contribution in [0.5, 0.6) is 0 Å². The minimum Gasteiger partial charge on any atom is -0.465 e. The van der Waals surface area contributed by atoms with Crippen LogP contribution in [0.4, 0.5) is 0 Å². The highest BCUT2D eigenvalue weighted by Crippen LogP contribution is 2.14. The van der Waals surface area contributed by atoms with Gasteiger partial charge in [0.25, 0.3) is 0 Å². The zero-order valence-corrected chi connectivity index (χ0v) is 14.1. The summed E-state index contributed by atoms with van der Waals surface area (Å²) >= 11 is 0. The molecule has 0 amide bonds. The Bertz CT molecular complexity index is 300. The summed E-state index contributed by atoms with van der Waals surface area (Å²) in [5.41, 5.74) is 5.18. The third-order valence-corrected chi connectivity index (χ3v) is 4.17. The van der Waals surface area contributed by atoms with Crippen LogP contribution in [0, 0.1) is 0 Å². The Morgan fingerprint density at radius 1 is 1.10 bits per heavy atom. The second-order valence-corrected chi connectivity index (χ2v) is 6.28.